The first-order valence-corrected chi connectivity index (χ1v) is 7.36. The molecule has 0 saturated heterocycles. The Morgan fingerprint density at radius 1 is 1.18 bits per heavy atom. The minimum absolute atomic E-state index is 0.0502. The zero-order valence-corrected chi connectivity index (χ0v) is 13.7. The van der Waals surface area contributed by atoms with Crippen molar-refractivity contribution >= 4 is 41.3 Å². The largest absolute Gasteiger partial charge is 0.366 e. The molecule has 0 unspecified atom stereocenters. The van der Waals surface area contributed by atoms with Gasteiger partial charge in [0, 0.05) is 27.7 Å². The molecule has 0 aromatic heterocycles. The quantitative estimate of drug-likeness (QED) is 0.470. The maximum absolute atomic E-state index is 12.7. The van der Waals surface area contributed by atoms with Crippen molar-refractivity contribution in [3.05, 3.63) is 45.1 Å². The highest BCUT2D eigenvalue weighted by atomic mass is 35.5. The fourth-order valence-corrected chi connectivity index (χ4v) is 2.53. The van der Waals surface area contributed by atoms with E-state index in [2.05, 4.69) is 0 Å². The van der Waals surface area contributed by atoms with Crippen LogP contribution in [-0.4, -0.2) is 29.5 Å². The first kappa shape index (κ1) is 18.2. The van der Waals surface area contributed by atoms with E-state index in [0.717, 1.165) is 4.90 Å². The molecule has 0 aliphatic carbocycles. The minimum atomic E-state index is -0.751. The predicted molar refractivity (Wildman–Crippen MR) is 85.7 cm³/mol. The summed E-state index contributed by atoms with van der Waals surface area (Å²) in [4.78, 5) is 36.7. The van der Waals surface area contributed by atoms with Crippen LogP contribution in [0.1, 0.15) is 30.6 Å². The first-order valence-electron chi connectivity index (χ1n) is 6.61. The Kier molecular flexibility index (Phi) is 6.59. The van der Waals surface area contributed by atoms with Crippen molar-refractivity contribution in [2.45, 2.75) is 20.3 Å². The zero-order chi connectivity index (χ0) is 16.9. The van der Waals surface area contributed by atoms with E-state index in [0.29, 0.717) is 6.41 Å². The number of halogens is 2. The van der Waals surface area contributed by atoms with Gasteiger partial charge >= 0.3 is 0 Å². The maximum atomic E-state index is 12.7. The molecular formula is C15H16Cl2N2O3. The number of hydrogen-bond donors (Lipinski definition) is 1. The molecule has 1 rings (SSSR count). The number of ketones is 1. The third kappa shape index (κ3) is 4.08. The highest BCUT2D eigenvalue weighted by molar-refractivity contribution is 6.35. The monoisotopic (exact) mass is 342 g/mol. The summed E-state index contributed by atoms with van der Waals surface area (Å²) in [7, 11) is 0. The van der Waals surface area contributed by atoms with Gasteiger partial charge in [0.2, 0.25) is 18.1 Å². The fraction of sp³-hybridized carbons (Fsp3) is 0.267. The lowest BCUT2D eigenvalue weighted by molar-refractivity contribution is -0.116. The molecule has 5 nitrogen and oxygen atoms in total. The Labute approximate surface area is 138 Å². The Hall–Kier alpha value is -1.85. The maximum Gasteiger partial charge on any atom is 0.246 e. The summed E-state index contributed by atoms with van der Waals surface area (Å²) in [6.07, 6.45) is 0.701. The second-order valence-corrected chi connectivity index (χ2v) is 5.30. The van der Waals surface area contributed by atoms with Crippen LogP contribution >= 0.6 is 23.2 Å². The van der Waals surface area contributed by atoms with Crippen LogP contribution in [-0.2, 0) is 9.59 Å². The molecule has 0 atom stereocenters. The van der Waals surface area contributed by atoms with Crippen LogP contribution in [0.4, 0.5) is 0 Å². The number of nitrogens with two attached hydrogens (primary N) is 1. The van der Waals surface area contributed by atoms with Gasteiger partial charge in [0.1, 0.15) is 5.70 Å². The standard InChI is InChI=1S/C15H16Cl2N2O3/c1-3-12(15(18)22)13(19(4-2)8-20)14(21)9-5-10(16)7-11(17)6-9/h5-8H,3-4H2,1-2H3,(H2,18,22)/b13-12-. The van der Waals surface area contributed by atoms with Crippen molar-refractivity contribution in [2.24, 2.45) is 5.73 Å². The van der Waals surface area contributed by atoms with Gasteiger partial charge in [-0.2, -0.15) is 0 Å². The molecule has 2 amide bonds. The number of allylic oxidation sites excluding steroid dienone is 1. The third-order valence-corrected chi connectivity index (χ3v) is 3.47. The van der Waals surface area contributed by atoms with E-state index < -0.39 is 11.7 Å². The van der Waals surface area contributed by atoms with Crippen molar-refractivity contribution in [3.8, 4) is 0 Å². The summed E-state index contributed by atoms with van der Waals surface area (Å²) in [5.41, 5.74) is 5.54. The Bertz CT molecular complexity index is 621. The molecule has 1 aromatic rings. The fourth-order valence-electron chi connectivity index (χ4n) is 2.01. The molecule has 0 bridgehead atoms. The Morgan fingerprint density at radius 3 is 2.09 bits per heavy atom. The van der Waals surface area contributed by atoms with Gasteiger partial charge in [-0.05, 0) is 31.5 Å². The summed E-state index contributed by atoms with van der Waals surface area (Å²) < 4.78 is 0. The number of hydrogen-bond acceptors (Lipinski definition) is 3. The van der Waals surface area contributed by atoms with Gasteiger partial charge < -0.3 is 10.6 Å². The van der Waals surface area contributed by atoms with Gasteiger partial charge in [0.15, 0.2) is 0 Å². The topological polar surface area (TPSA) is 80.5 Å². The molecule has 0 heterocycles. The summed E-state index contributed by atoms with van der Waals surface area (Å²) >= 11 is 11.8. The van der Waals surface area contributed by atoms with Crippen molar-refractivity contribution in [2.75, 3.05) is 6.54 Å². The van der Waals surface area contributed by atoms with Gasteiger partial charge in [-0.1, -0.05) is 30.1 Å². The lowest BCUT2D eigenvalue weighted by Gasteiger charge is -2.21. The van der Waals surface area contributed by atoms with E-state index in [9.17, 15) is 14.4 Å². The van der Waals surface area contributed by atoms with Gasteiger partial charge in [-0.25, -0.2) is 0 Å². The molecule has 0 saturated carbocycles. The number of likely N-dealkylation sites (N-methyl/N-ethyl adjacent to an activating group) is 1. The first-order chi connectivity index (χ1) is 10.3. The summed E-state index contributed by atoms with van der Waals surface area (Å²) in [5.74, 6) is -1.28. The molecule has 0 aliphatic heterocycles. The molecule has 0 aliphatic rings. The molecule has 7 heteroatoms. The van der Waals surface area contributed by atoms with Gasteiger partial charge in [0.25, 0.3) is 0 Å². The normalized spacial score (nSPS) is 11.6. The predicted octanol–water partition coefficient (Wildman–Crippen LogP) is 2.80. The highest BCUT2D eigenvalue weighted by Crippen LogP contribution is 2.24. The van der Waals surface area contributed by atoms with Crippen molar-refractivity contribution in [1.82, 2.24) is 4.90 Å². The van der Waals surface area contributed by atoms with E-state index >= 15 is 0 Å². The number of carbonyl (C=O) groups is 3. The molecule has 118 valence electrons. The van der Waals surface area contributed by atoms with E-state index in [1.54, 1.807) is 13.8 Å². The molecular weight excluding hydrogens is 327 g/mol. The van der Waals surface area contributed by atoms with Crippen LogP contribution in [0.2, 0.25) is 10.0 Å². The lowest BCUT2D eigenvalue weighted by Crippen LogP contribution is -2.31. The molecule has 2 N–H and O–H groups in total. The number of primary amides is 1. The van der Waals surface area contributed by atoms with Crippen LogP contribution in [0.25, 0.3) is 0 Å². The third-order valence-electron chi connectivity index (χ3n) is 3.03. The number of rotatable bonds is 7. The second kappa shape index (κ2) is 7.96. The van der Waals surface area contributed by atoms with Crippen LogP contribution < -0.4 is 5.73 Å². The number of benzene rings is 1. The second-order valence-electron chi connectivity index (χ2n) is 4.42. The van der Waals surface area contributed by atoms with Gasteiger partial charge in [0.05, 0.1) is 0 Å². The molecule has 22 heavy (non-hydrogen) atoms. The van der Waals surface area contributed by atoms with E-state index in [-0.39, 0.29) is 39.8 Å². The van der Waals surface area contributed by atoms with Gasteiger partial charge in [-0.15, -0.1) is 0 Å². The molecule has 0 fully saturated rings. The SMILES string of the molecule is CC/C(C(N)=O)=C(\C(=O)c1cc(Cl)cc(Cl)c1)N(C=O)CC. The van der Waals surface area contributed by atoms with E-state index in [1.165, 1.54) is 18.2 Å². The van der Waals surface area contributed by atoms with E-state index in [1.807, 2.05) is 0 Å². The van der Waals surface area contributed by atoms with Crippen LogP contribution in [0.3, 0.4) is 0 Å². The highest BCUT2D eigenvalue weighted by Gasteiger charge is 2.24. The Morgan fingerprint density at radius 2 is 1.73 bits per heavy atom. The van der Waals surface area contributed by atoms with Crippen LogP contribution in [0.5, 0.6) is 0 Å². The van der Waals surface area contributed by atoms with Crippen molar-refractivity contribution in [3.63, 3.8) is 0 Å². The summed E-state index contributed by atoms with van der Waals surface area (Å²) in [5, 5.41) is 0.558. The smallest absolute Gasteiger partial charge is 0.246 e. The summed E-state index contributed by atoms with van der Waals surface area (Å²) in [6, 6.07) is 4.32. The molecule has 0 spiro atoms. The summed E-state index contributed by atoms with van der Waals surface area (Å²) in [6.45, 7) is 3.58. The van der Waals surface area contributed by atoms with Gasteiger partial charge in [-0.3, -0.25) is 14.4 Å². The van der Waals surface area contributed by atoms with Crippen LogP contribution in [0.15, 0.2) is 29.5 Å². The van der Waals surface area contributed by atoms with Crippen LogP contribution in [0, 0.1) is 0 Å². The number of amides is 2. The Balaban J connectivity index is 3.53. The number of Topliss-reactive ketones (excluding diaryl/α,β-unsaturated/α-hetero) is 1. The zero-order valence-electron chi connectivity index (χ0n) is 12.2. The molecule has 0 radical (unpaired) electrons. The minimum Gasteiger partial charge on any atom is -0.366 e. The van der Waals surface area contributed by atoms with Crippen molar-refractivity contribution in [1.29, 1.82) is 0 Å². The lowest BCUT2D eigenvalue weighted by atomic mass is 10.0. The van der Waals surface area contributed by atoms with E-state index in [4.69, 9.17) is 28.9 Å². The van der Waals surface area contributed by atoms with Crippen molar-refractivity contribution < 1.29 is 14.4 Å². The number of carbonyl (C=O) groups excluding carboxylic acids is 3. The number of nitrogens with zero attached hydrogens (tertiary/aromatic N) is 1. The average Bonchev–Trinajstić information content (AvgIpc) is 2.45. The average molecular weight is 343 g/mol. The molecule has 1 aromatic carbocycles.